The fourth-order valence-electron chi connectivity index (χ4n) is 6.72. The van der Waals surface area contributed by atoms with Crippen LogP contribution >= 0.6 is 0 Å². The van der Waals surface area contributed by atoms with Gasteiger partial charge in [-0.3, -0.25) is 9.59 Å². The van der Waals surface area contributed by atoms with E-state index in [1.165, 1.54) is 28.4 Å². The number of benzene rings is 3. The van der Waals surface area contributed by atoms with Crippen LogP contribution in [0.5, 0.6) is 17.2 Å². The molecular formula is C31H27NO7. The largest absolute Gasteiger partial charge is 0.493 e. The summed E-state index contributed by atoms with van der Waals surface area (Å²) >= 11 is 0. The van der Waals surface area contributed by atoms with Crippen molar-refractivity contribution in [3.63, 3.8) is 0 Å². The van der Waals surface area contributed by atoms with Crippen molar-refractivity contribution in [2.24, 2.45) is 5.41 Å². The Balaban J connectivity index is 1.72. The van der Waals surface area contributed by atoms with Crippen LogP contribution < -0.4 is 19.1 Å². The average Bonchev–Trinajstić information content (AvgIpc) is 3.41. The molecule has 3 aromatic rings. The van der Waals surface area contributed by atoms with E-state index >= 15 is 0 Å². The number of carbonyl (C=O) groups is 3. The molecule has 8 nitrogen and oxygen atoms in total. The summed E-state index contributed by atoms with van der Waals surface area (Å²) in [6.07, 6.45) is 3.76. The summed E-state index contributed by atoms with van der Waals surface area (Å²) in [5.74, 6) is -1.23. The number of ketones is 2. The normalized spacial score (nSPS) is 21.8. The molecule has 8 heteroatoms. The quantitative estimate of drug-likeness (QED) is 0.359. The third-order valence-corrected chi connectivity index (χ3v) is 8.23. The molecule has 39 heavy (non-hydrogen) atoms. The zero-order valence-electron chi connectivity index (χ0n) is 22.0. The van der Waals surface area contributed by atoms with Crippen molar-refractivity contribution in [1.29, 1.82) is 0 Å². The number of nitrogens with zero attached hydrogens (tertiary/aromatic N) is 1. The number of ether oxygens (including phenoxy) is 4. The molecule has 0 N–H and O–H groups in total. The predicted octanol–water partition coefficient (Wildman–Crippen LogP) is 4.32. The fourth-order valence-corrected chi connectivity index (χ4v) is 6.72. The molecule has 1 aliphatic carbocycles. The molecule has 0 radical (unpaired) electrons. The second-order valence-corrected chi connectivity index (χ2v) is 9.71. The van der Waals surface area contributed by atoms with Crippen molar-refractivity contribution < 1.29 is 33.3 Å². The van der Waals surface area contributed by atoms with Crippen molar-refractivity contribution in [3.8, 4) is 17.2 Å². The van der Waals surface area contributed by atoms with Gasteiger partial charge in [-0.05, 0) is 17.7 Å². The molecule has 198 valence electrons. The zero-order valence-corrected chi connectivity index (χ0v) is 22.0. The van der Waals surface area contributed by atoms with E-state index in [1.54, 1.807) is 36.4 Å². The monoisotopic (exact) mass is 525 g/mol. The van der Waals surface area contributed by atoms with E-state index in [0.29, 0.717) is 28.2 Å². The smallest absolute Gasteiger partial charge is 0.329 e. The van der Waals surface area contributed by atoms with Gasteiger partial charge in [-0.2, -0.15) is 0 Å². The number of anilines is 1. The van der Waals surface area contributed by atoms with Gasteiger partial charge in [-0.1, -0.05) is 60.7 Å². The molecule has 1 fully saturated rings. The van der Waals surface area contributed by atoms with Gasteiger partial charge in [-0.15, -0.1) is 0 Å². The van der Waals surface area contributed by atoms with E-state index in [9.17, 15) is 14.4 Å². The van der Waals surface area contributed by atoms with Crippen LogP contribution in [0.15, 0.2) is 66.7 Å². The number of methoxy groups -OCH3 is 4. The Morgan fingerprint density at radius 3 is 2.05 bits per heavy atom. The van der Waals surface area contributed by atoms with Crippen molar-refractivity contribution in [2.45, 2.75) is 18.0 Å². The van der Waals surface area contributed by atoms with E-state index in [4.69, 9.17) is 18.9 Å². The minimum absolute atomic E-state index is 0.281. The molecule has 0 amide bonds. The second kappa shape index (κ2) is 9.01. The average molecular weight is 526 g/mol. The Morgan fingerprint density at radius 1 is 0.795 bits per heavy atom. The predicted molar refractivity (Wildman–Crippen MR) is 144 cm³/mol. The highest BCUT2D eigenvalue weighted by Crippen LogP contribution is 2.62. The van der Waals surface area contributed by atoms with Crippen LogP contribution in [0, 0.1) is 5.41 Å². The Labute approximate surface area is 225 Å². The number of hydrogen-bond donors (Lipinski definition) is 0. The maximum atomic E-state index is 14.6. The minimum atomic E-state index is -1.67. The van der Waals surface area contributed by atoms with Crippen molar-refractivity contribution >= 4 is 29.3 Å². The summed E-state index contributed by atoms with van der Waals surface area (Å²) in [5, 5.41) is 0. The molecule has 3 aromatic carbocycles. The lowest BCUT2D eigenvalue weighted by molar-refractivity contribution is -0.142. The van der Waals surface area contributed by atoms with Crippen molar-refractivity contribution in [3.05, 3.63) is 89.0 Å². The molecule has 0 saturated carbocycles. The molecule has 1 spiro atoms. The van der Waals surface area contributed by atoms with Gasteiger partial charge in [-0.25, -0.2) is 4.79 Å². The van der Waals surface area contributed by atoms with Gasteiger partial charge in [0.15, 0.2) is 23.1 Å². The first-order valence-corrected chi connectivity index (χ1v) is 12.6. The van der Waals surface area contributed by atoms with E-state index in [2.05, 4.69) is 0 Å². The molecule has 1 saturated heterocycles. The molecule has 0 bridgehead atoms. The first-order chi connectivity index (χ1) is 18.9. The number of Topliss-reactive ketones (excluding diaryl/α,β-unsaturated/α-hetero) is 2. The first-order valence-electron chi connectivity index (χ1n) is 12.6. The summed E-state index contributed by atoms with van der Waals surface area (Å²) in [5.41, 5.74) is 1.08. The third kappa shape index (κ3) is 3.08. The van der Waals surface area contributed by atoms with Crippen molar-refractivity contribution in [2.75, 3.05) is 33.3 Å². The number of hydrogen-bond acceptors (Lipinski definition) is 8. The SMILES string of the molecule is COC(=O)[C@H]1[C@@H](c2ccc(OC)c(OC)c2OC)C2(C(=O)c3ccccc3C2=O)[C@@H]2C=Cc3ccccc3N21. The van der Waals surface area contributed by atoms with Gasteiger partial charge in [0.25, 0.3) is 0 Å². The standard InChI is InChI=1S/C31H27NO7/c1-36-22-15-14-20(26(37-2)27(22)38-3)24-25(30(35)39-4)32-21-12-8-5-9-17(21)13-16-23(32)31(24)28(33)18-10-6-7-11-19(18)29(31)34/h5-16,23-25H,1-4H3/t23-,24+,25+/m0/s1. The topological polar surface area (TPSA) is 91.4 Å². The molecule has 2 aliphatic heterocycles. The zero-order chi connectivity index (χ0) is 27.5. The summed E-state index contributed by atoms with van der Waals surface area (Å²) in [6.45, 7) is 0. The van der Waals surface area contributed by atoms with Crippen LogP contribution in [-0.2, 0) is 9.53 Å². The van der Waals surface area contributed by atoms with Crippen LogP contribution in [0.4, 0.5) is 5.69 Å². The van der Waals surface area contributed by atoms with E-state index in [1.807, 2.05) is 41.3 Å². The second-order valence-electron chi connectivity index (χ2n) is 9.71. The number of rotatable bonds is 5. The lowest BCUT2D eigenvalue weighted by Gasteiger charge is -2.36. The highest BCUT2D eigenvalue weighted by Gasteiger charge is 2.72. The van der Waals surface area contributed by atoms with E-state index < -0.39 is 29.4 Å². The number of carbonyl (C=O) groups excluding carboxylic acids is 3. The van der Waals surface area contributed by atoms with Gasteiger partial charge >= 0.3 is 5.97 Å². The lowest BCUT2D eigenvalue weighted by Crippen LogP contribution is -2.48. The number of esters is 1. The number of para-hydroxylation sites is 1. The van der Waals surface area contributed by atoms with Gasteiger partial charge in [0.05, 0.1) is 34.5 Å². The van der Waals surface area contributed by atoms with E-state index in [-0.39, 0.29) is 17.3 Å². The Morgan fingerprint density at radius 2 is 1.44 bits per heavy atom. The van der Waals surface area contributed by atoms with Gasteiger partial charge < -0.3 is 23.8 Å². The molecule has 6 rings (SSSR count). The minimum Gasteiger partial charge on any atom is -0.493 e. The number of fused-ring (bicyclic) bond motifs is 5. The lowest BCUT2D eigenvalue weighted by atomic mass is 9.64. The summed E-state index contributed by atoms with van der Waals surface area (Å²) < 4.78 is 22.3. The Bertz CT molecular complexity index is 1520. The first kappa shape index (κ1) is 24.7. The van der Waals surface area contributed by atoms with Crippen molar-refractivity contribution in [1.82, 2.24) is 0 Å². The highest BCUT2D eigenvalue weighted by atomic mass is 16.5. The Kier molecular flexibility index (Phi) is 5.71. The van der Waals surface area contributed by atoms with Crippen LogP contribution in [0.25, 0.3) is 6.08 Å². The van der Waals surface area contributed by atoms with Crippen LogP contribution in [0.3, 0.4) is 0 Å². The third-order valence-electron chi connectivity index (χ3n) is 8.23. The molecule has 0 unspecified atom stereocenters. The van der Waals surface area contributed by atoms with Crippen LogP contribution in [-0.4, -0.2) is 58.1 Å². The molecule has 3 atom stereocenters. The fraction of sp³-hybridized carbons (Fsp3) is 0.258. The summed E-state index contributed by atoms with van der Waals surface area (Å²) in [6, 6.07) is 16.1. The van der Waals surface area contributed by atoms with Crippen LogP contribution in [0.1, 0.15) is 37.8 Å². The highest BCUT2D eigenvalue weighted by molar-refractivity contribution is 6.32. The maximum Gasteiger partial charge on any atom is 0.329 e. The van der Waals surface area contributed by atoms with Gasteiger partial charge in [0.2, 0.25) is 5.75 Å². The maximum absolute atomic E-state index is 14.6. The van der Waals surface area contributed by atoms with E-state index in [0.717, 1.165) is 11.3 Å². The van der Waals surface area contributed by atoms with Gasteiger partial charge in [0.1, 0.15) is 11.5 Å². The van der Waals surface area contributed by atoms with Crippen LogP contribution in [0.2, 0.25) is 0 Å². The molecule has 0 aromatic heterocycles. The summed E-state index contributed by atoms with van der Waals surface area (Å²) in [4.78, 5) is 44.8. The van der Waals surface area contributed by atoms with Gasteiger partial charge in [0, 0.05) is 28.3 Å². The molecular weight excluding hydrogens is 498 g/mol. The summed E-state index contributed by atoms with van der Waals surface area (Å²) in [7, 11) is 5.78. The Hall–Kier alpha value is -4.59. The molecule has 3 aliphatic rings. The molecule has 2 heterocycles.